The third-order valence-electron chi connectivity index (χ3n) is 5.39. The van der Waals surface area contributed by atoms with Gasteiger partial charge in [-0.3, -0.25) is 23.7 Å². The zero-order valence-corrected chi connectivity index (χ0v) is 22.4. The summed E-state index contributed by atoms with van der Waals surface area (Å²) in [6, 6.07) is 15.1. The Kier molecular flexibility index (Phi) is 9.96. The van der Waals surface area contributed by atoms with Gasteiger partial charge in [-0.1, -0.05) is 46.0 Å². The number of esters is 2. The minimum atomic E-state index is -0.836. The van der Waals surface area contributed by atoms with E-state index in [2.05, 4.69) is 27.8 Å². The summed E-state index contributed by atoms with van der Waals surface area (Å²) >= 11 is 3.35. The first-order valence-electron chi connectivity index (χ1n) is 11.7. The Hall–Kier alpha value is -4.23. The third-order valence-corrected chi connectivity index (χ3v) is 5.92. The molecule has 1 heterocycles. The molecule has 0 amide bonds. The van der Waals surface area contributed by atoms with E-state index in [0.29, 0.717) is 10.1 Å². The van der Waals surface area contributed by atoms with Crippen molar-refractivity contribution in [3.63, 3.8) is 0 Å². The van der Waals surface area contributed by atoms with E-state index in [4.69, 9.17) is 9.47 Å². The van der Waals surface area contributed by atoms with E-state index in [1.54, 1.807) is 42.5 Å². The van der Waals surface area contributed by atoms with Crippen LogP contribution in [0.5, 0.6) is 0 Å². The highest BCUT2D eigenvalue weighted by atomic mass is 79.9. The number of halogens is 1. The molecule has 2 aromatic carbocycles. The smallest absolute Gasteiger partial charge is 0.338 e. The molecule has 0 fully saturated rings. The second-order valence-electron chi connectivity index (χ2n) is 8.35. The van der Waals surface area contributed by atoms with Crippen LogP contribution in [0.1, 0.15) is 41.8 Å². The van der Waals surface area contributed by atoms with E-state index in [1.165, 1.54) is 36.7 Å². The highest BCUT2D eigenvalue weighted by molar-refractivity contribution is 9.10. The van der Waals surface area contributed by atoms with Gasteiger partial charge in [0.25, 0.3) is 11.5 Å². The van der Waals surface area contributed by atoms with Gasteiger partial charge in [0.15, 0.2) is 0 Å². The molecule has 0 aliphatic rings. The Labute approximate surface area is 227 Å². The van der Waals surface area contributed by atoms with E-state index in [9.17, 15) is 24.0 Å². The van der Waals surface area contributed by atoms with Gasteiger partial charge in [0.2, 0.25) is 0 Å². The van der Waals surface area contributed by atoms with Gasteiger partial charge in [-0.2, -0.15) is 4.57 Å². The van der Waals surface area contributed by atoms with Gasteiger partial charge in [-0.05, 0) is 42.8 Å². The minimum absolute atomic E-state index is 0.0316. The molecule has 10 heteroatoms. The summed E-state index contributed by atoms with van der Waals surface area (Å²) in [5, 5.41) is 0. The lowest BCUT2D eigenvalue weighted by molar-refractivity contribution is -0.146. The monoisotopic (exact) mass is 580 g/mol. The van der Waals surface area contributed by atoms with Crippen LogP contribution >= 0.6 is 15.9 Å². The van der Waals surface area contributed by atoms with Gasteiger partial charge in [0.1, 0.15) is 5.56 Å². The molecule has 0 saturated carbocycles. The topological polar surface area (TPSA) is 114 Å². The number of carbonyl (C=O) groups is 3. The first kappa shape index (κ1) is 28.3. The van der Waals surface area contributed by atoms with E-state index in [0.717, 1.165) is 4.47 Å². The highest BCUT2D eigenvalue weighted by Crippen LogP contribution is 2.10. The van der Waals surface area contributed by atoms with Gasteiger partial charge < -0.3 is 9.47 Å². The number of aromatic nitrogens is 2. The molecule has 0 radical (unpaired) electrons. The molecule has 3 rings (SSSR count). The van der Waals surface area contributed by atoms with Crippen molar-refractivity contribution in [2.45, 2.75) is 26.8 Å². The lowest BCUT2D eigenvalue weighted by Crippen LogP contribution is -2.45. The molecule has 3 aromatic rings. The molecule has 0 saturated heterocycles. The molecule has 0 unspecified atom stereocenters. The predicted molar refractivity (Wildman–Crippen MR) is 143 cm³/mol. The number of hydrogen-bond acceptors (Lipinski definition) is 7. The van der Waals surface area contributed by atoms with Crippen molar-refractivity contribution in [1.29, 1.82) is 0 Å². The molecule has 0 N–H and O–H groups in total. The fourth-order valence-electron chi connectivity index (χ4n) is 3.42. The van der Waals surface area contributed by atoms with Crippen molar-refractivity contribution in [2.24, 2.45) is 5.92 Å². The zero-order chi connectivity index (χ0) is 27.7. The fourth-order valence-corrected chi connectivity index (χ4v) is 3.68. The average Bonchev–Trinajstić information content (AvgIpc) is 2.89. The SMILES string of the molecule is CC(=O)OCC(CCn1cc(C#Cc2ccc(Br)cc2)c(=O)n(C(=O)c2ccccc2)c1=O)COC(C)=O. The van der Waals surface area contributed by atoms with E-state index in [1.807, 2.05) is 0 Å². The first-order valence-corrected chi connectivity index (χ1v) is 12.5. The maximum Gasteiger partial charge on any atom is 0.338 e. The van der Waals surface area contributed by atoms with Crippen molar-refractivity contribution in [1.82, 2.24) is 9.13 Å². The Morgan fingerprint density at radius 1 is 0.895 bits per heavy atom. The van der Waals surface area contributed by atoms with Crippen molar-refractivity contribution in [3.05, 3.63) is 103 Å². The second-order valence-corrected chi connectivity index (χ2v) is 9.26. The van der Waals surface area contributed by atoms with Crippen molar-refractivity contribution < 1.29 is 23.9 Å². The lowest BCUT2D eigenvalue weighted by atomic mass is 10.1. The van der Waals surface area contributed by atoms with E-state index >= 15 is 0 Å². The van der Waals surface area contributed by atoms with Gasteiger partial charge in [-0.15, -0.1) is 0 Å². The summed E-state index contributed by atoms with van der Waals surface area (Å²) in [6.07, 6.45) is 1.55. The van der Waals surface area contributed by atoms with E-state index in [-0.39, 0.29) is 37.3 Å². The lowest BCUT2D eigenvalue weighted by Gasteiger charge is -2.17. The third kappa shape index (κ3) is 7.88. The molecule has 0 atom stereocenters. The van der Waals surface area contributed by atoms with E-state index < -0.39 is 35.0 Å². The van der Waals surface area contributed by atoms with Crippen LogP contribution in [-0.4, -0.2) is 40.2 Å². The largest absolute Gasteiger partial charge is 0.465 e. The fraction of sp³-hybridized carbons (Fsp3) is 0.250. The molecule has 0 aliphatic heterocycles. The summed E-state index contributed by atoms with van der Waals surface area (Å²) in [5.74, 6) is 3.47. The van der Waals surface area contributed by atoms with Crippen LogP contribution in [0.25, 0.3) is 0 Å². The molecular formula is C28H25BrN2O7. The summed E-state index contributed by atoms with van der Waals surface area (Å²) in [4.78, 5) is 62.3. The van der Waals surface area contributed by atoms with Gasteiger partial charge in [-0.25, -0.2) is 4.79 Å². The molecule has 38 heavy (non-hydrogen) atoms. The number of nitrogens with zero attached hydrogens (tertiary/aromatic N) is 2. The Bertz CT molecular complexity index is 1480. The maximum absolute atomic E-state index is 13.3. The van der Waals surface area contributed by atoms with Crippen LogP contribution in [0.15, 0.2) is 74.9 Å². The van der Waals surface area contributed by atoms with Crippen molar-refractivity contribution >= 4 is 33.8 Å². The number of hydrogen-bond donors (Lipinski definition) is 0. The first-order chi connectivity index (χ1) is 18.2. The summed E-state index contributed by atoms with van der Waals surface area (Å²) in [6.45, 7) is 2.50. The molecule has 0 aliphatic carbocycles. The quantitative estimate of drug-likeness (QED) is 0.297. The number of carbonyl (C=O) groups excluding carboxylic acids is 3. The van der Waals surface area contributed by atoms with Crippen LogP contribution in [0.3, 0.4) is 0 Å². The number of rotatable bonds is 8. The van der Waals surface area contributed by atoms with Crippen LogP contribution in [0.2, 0.25) is 0 Å². The van der Waals surface area contributed by atoms with Gasteiger partial charge in [0.05, 0.1) is 13.2 Å². The zero-order valence-electron chi connectivity index (χ0n) is 20.8. The highest BCUT2D eigenvalue weighted by Gasteiger charge is 2.20. The van der Waals surface area contributed by atoms with Crippen molar-refractivity contribution in [3.8, 4) is 11.8 Å². The molecular weight excluding hydrogens is 556 g/mol. The number of ether oxygens (including phenoxy) is 2. The number of benzene rings is 2. The number of aryl methyl sites for hydroxylation is 1. The van der Waals surface area contributed by atoms with Gasteiger partial charge in [0, 0.05) is 48.1 Å². The normalized spacial score (nSPS) is 10.4. The maximum atomic E-state index is 13.3. The minimum Gasteiger partial charge on any atom is -0.465 e. The second kappa shape index (κ2) is 13.4. The molecule has 0 spiro atoms. The molecule has 1 aromatic heterocycles. The molecule has 9 nitrogen and oxygen atoms in total. The van der Waals surface area contributed by atoms with Crippen LogP contribution in [-0.2, 0) is 25.6 Å². The summed E-state index contributed by atoms with van der Waals surface area (Å²) in [7, 11) is 0. The van der Waals surface area contributed by atoms with Gasteiger partial charge >= 0.3 is 17.6 Å². The van der Waals surface area contributed by atoms with Crippen LogP contribution < -0.4 is 11.2 Å². The Morgan fingerprint density at radius 3 is 2.08 bits per heavy atom. The van der Waals surface area contributed by atoms with Crippen LogP contribution in [0.4, 0.5) is 0 Å². The van der Waals surface area contributed by atoms with Crippen molar-refractivity contribution in [2.75, 3.05) is 13.2 Å². The summed E-state index contributed by atoms with van der Waals surface area (Å²) in [5.41, 5.74) is -0.917. The Balaban J connectivity index is 2.02. The van der Waals surface area contributed by atoms with Crippen LogP contribution in [0, 0.1) is 17.8 Å². The molecule has 196 valence electrons. The Morgan fingerprint density at radius 2 is 1.50 bits per heavy atom. The summed E-state index contributed by atoms with van der Waals surface area (Å²) < 4.78 is 12.8. The predicted octanol–water partition coefficient (Wildman–Crippen LogP) is 2.99. The average molecular weight is 581 g/mol. The molecule has 0 bridgehead atoms. The standard InChI is InChI=1S/C28H25BrN2O7/c1-19(32)37-17-22(18-38-20(2)33)14-15-30-16-24(11-8-21-9-12-25(29)13-10-21)27(35)31(28(30)36)26(34)23-6-4-3-5-7-23/h3-7,9-10,12-13,16,22H,14-15,17-18H2,1-2H3.